The van der Waals surface area contributed by atoms with E-state index in [0.717, 1.165) is 12.0 Å². The van der Waals surface area contributed by atoms with Crippen LogP contribution in [0.3, 0.4) is 0 Å². The highest BCUT2D eigenvalue weighted by Gasteiger charge is 2.43. The van der Waals surface area contributed by atoms with Crippen LogP contribution in [-0.4, -0.2) is 49.2 Å². The molecule has 2 N–H and O–H groups in total. The van der Waals surface area contributed by atoms with E-state index in [9.17, 15) is 18.8 Å². The minimum absolute atomic E-state index is 0.342. The lowest BCUT2D eigenvalue weighted by Crippen LogP contribution is -2.60. The Morgan fingerprint density at radius 3 is 2.48 bits per heavy atom. The fourth-order valence-electron chi connectivity index (χ4n) is 3.29. The molecule has 27 heavy (non-hydrogen) atoms. The van der Waals surface area contributed by atoms with Gasteiger partial charge in [0.1, 0.15) is 17.5 Å². The van der Waals surface area contributed by atoms with Crippen LogP contribution in [0.4, 0.5) is 4.39 Å². The van der Waals surface area contributed by atoms with Crippen molar-refractivity contribution in [3.63, 3.8) is 0 Å². The minimum Gasteiger partial charge on any atom is -0.467 e. The minimum atomic E-state index is -1.13. The van der Waals surface area contributed by atoms with Gasteiger partial charge in [-0.05, 0) is 50.4 Å². The highest BCUT2D eigenvalue weighted by atomic mass is 19.1. The van der Waals surface area contributed by atoms with Crippen molar-refractivity contribution in [1.29, 1.82) is 0 Å². The molecule has 0 aromatic heterocycles. The number of nitrogens with one attached hydrogen (secondary N) is 2. The van der Waals surface area contributed by atoms with Gasteiger partial charge in [0.25, 0.3) is 0 Å². The van der Waals surface area contributed by atoms with Gasteiger partial charge in [-0.15, -0.1) is 0 Å². The zero-order valence-electron chi connectivity index (χ0n) is 15.7. The first-order valence-corrected chi connectivity index (χ1v) is 8.83. The molecule has 1 aromatic carbocycles. The predicted molar refractivity (Wildman–Crippen MR) is 95.2 cm³/mol. The number of esters is 2. The molecule has 0 spiro atoms. The van der Waals surface area contributed by atoms with Crippen LogP contribution in [0, 0.1) is 5.82 Å². The summed E-state index contributed by atoms with van der Waals surface area (Å²) < 4.78 is 22.9. The van der Waals surface area contributed by atoms with Gasteiger partial charge in [0.2, 0.25) is 5.91 Å². The Morgan fingerprint density at radius 1 is 1.30 bits per heavy atom. The zero-order chi connectivity index (χ0) is 20.0. The molecule has 0 bridgehead atoms. The smallest absolute Gasteiger partial charge is 0.332 e. The number of amides is 1. The summed E-state index contributed by atoms with van der Waals surface area (Å²) in [6.45, 7) is 3.39. The molecule has 1 unspecified atom stereocenters. The zero-order valence-corrected chi connectivity index (χ0v) is 15.7. The SMILES string of the molecule is COC(=O)[C@@H](NC(=O)C1(Cc2ccc(F)cc2)CCCN1)[C@@H](C)OC(C)=O. The Morgan fingerprint density at radius 2 is 1.96 bits per heavy atom. The summed E-state index contributed by atoms with van der Waals surface area (Å²) in [6, 6.07) is 4.82. The Labute approximate surface area is 157 Å². The average Bonchev–Trinajstić information content (AvgIpc) is 3.10. The lowest BCUT2D eigenvalue weighted by molar-refractivity contribution is -0.156. The van der Waals surface area contributed by atoms with Gasteiger partial charge in [-0.2, -0.15) is 0 Å². The Balaban J connectivity index is 2.19. The Kier molecular flexibility index (Phi) is 6.90. The molecular formula is C19H25FN2O5. The van der Waals surface area contributed by atoms with Gasteiger partial charge in [0, 0.05) is 6.92 Å². The number of carbonyl (C=O) groups is 3. The van der Waals surface area contributed by atoms with Gasteiger partial charge in [0.15, 0.2) is 6.04 Å². The largest absolute Gasteiger partial charge is 0.467 e. The second-order valence-electron chi connectivity index (χ2n) is 6.70. The van der Waals surface area contributed by atoms with Crippen molar-refractivity contribution in [2.24, 2.45) is 0 Å². The molecular weight excluding hydrogens is 355 g/mol. The van der Waals surface area contributed by atoms with Crippen molar-refractivity contribution in [3.05, 3.63) is 35.6 Å². The number of methoxy groups -OCH3 is 1. The van der Waals surface area contributed by atoms with Crippen LogP contribution in [-0.2, 0) is 30.3 Å². The molecule has 1 saturated heterocycles. The van der Waals surface area contributed by atoms with Crippen molar-refractivity contribution in [3.8, 4) is 0 Å². The number of hydrogen-bond donors (Lipinski definition) is 2. The van der Waals surface area contributed by atoms with Crippen molar-refractivity contribution in [2.75, 3.05) is 13.7 Å². The van der Waals surface area contributed by atoms with Gasteiger partial charge in [-0.1, -0.05) is 12.1 Å². The molecule has 148 valence electrons. The van der Waals surface area contributed by atoms with Crippen LogP contribution >= 0.6 is 0 Å². The van der Waals surface area contributed by atoms with E-state index in [-0.39, 0.29) is 5.82 Å². The van der Waals surface area contributed by atoms with Crippen molar-refractivity contribution in [2.45, 2.75) is 50.8 Å². The highest BCUT2D eigenvalue weighted by molar-refractivity contribution is 5.91. The van der Waals surface area contributed by atoms with Crippen LogP contribution in [0.5, 0.6) is 0 Å². The quantitative estimate of drug-likeness (QED) is 0.688. The second kappa shape index (κ2) is 8.94. The number of rotatable bonds is 7. The standard InChI is InChI=1S/C19H25FN2O5/c1-12(27-13(2)23)16(17(24)26-3)22-18(25)19(9-4-10-21-19)11-14-5-7-15(20)8-6-14/h5-8,12,16,21H,4,9-11H2,1-3H3,(H,22,25)/t12-,16+,19?/m1/s1. The summed E-state index contributed by atoms with van der Waals surface area (Å²) >= 11 is 0. The maximum absolute atomic E-state index is 13.2. The van der Waals surface area contributed by atoms with E-state index in [1.54, 1.807) is 12.1 Å². The van der Waals surface area contributed by atoms with Gasteiger partial charge in [0.05, 0.1) is 7.11 Å². The molecule has 0 aliphatic carbocycles. The third kappa shape index (κ3) is 5.26. The molecule has 1 amide bonds. The molecule has 0 radical (unpaired) electrons. The van der Waals surface area contributed by atoms with Crippen molar-refractivity contribution in [1.82, 2.24) is 10.6 Å². The molecule has 1 aliphatic rings. The fourth-order valence-corrected chi connectivity index (χ4v) is 3.29. The molecule has 0 saturated carbocycles. The van der Waals surface area contributed by atoms with Crippen molar-refractivity contribution >= 4 is 17.8 Å². The summed E-state index contributed by atoms with van der Waals surface area (Å²) in [6.07, 6.45) is 0.807. The molecule has 1 aliphatic heterocycles. The summed E-state index contributed by atoms with van der Waals surface area (Å²) in [4.78, 5) is 36.4. The first-order valence-electron chi connectivity index (χ1n) is 8.83. The van der Waals surface area contributed by atoms with E-state index in [2.05, 4.69) is 10.6 Å². The molecule has 3 atom stereocenters. The van der Waals surface area contributed by atoms with E-state index in [0.29, 0.717) is 19.4 Å². The van der Waals surface area contributed by atoms with Gasteiger partial charge < -0.3 is 20.1 Å². The highest BCUT2D eigenvalue weighted by Crippen LogP contribution is 2.25. The van der Waals surface area contributed by atoms with E-state index >= 15 is 0 Å². The monoisotopic (exact) mass is 380 g/mol. The third-order valence-electron chi connectivity index (χ3n) is 4.66. The van der Waals surface area contributed by atoms with E-state index in [1.807, 2.05) is 0 Å². The number of halogens is 1. The summed E-state index contributed by atoms with van der Waals surface area (Å²) in [5, 5.41) is 5.87. The number of hydrogen-bond acceptors (Lipinski definition) is 6. The van der Waals surface area contributed by atoms with E-state index in [1.165, 1.54) is 33.1 Å². The first kappa shape index (κ1) is 20.8. The van der Waals surface area contributed by atoms with Crippen LogP contribution in [0.2, 0.25) is 0 Å². The van der Waals surface area contributed by atoms with Crippen LogP contribution in [0.1, 0.15) is 32.3 Å². The topological polar surface area (TPSA) is 93.7 Å². The maximum Gasteiger partial charge on any atom is 0.332 e. The normalized spacial score (nSPS) is 21.2. The van der Waals surface area contributed by atoms with Crippen LogP contribution in [0.15, 0.2) is 24.3 Å². The molecule has 1 fully saturated rings. The lowest BCUT2D eigenvalue weighted by Gasteiger charge is -2.31. The molecule has 2 rings (SSSR count). The summed E-state index contributed by atoms with van der Waals surface area (Å²) in [7, 11) is 1.20. The van der Waals surface area contributed by atoms with Gasteiger partial charge in [-0.25, -0.2) is 9.18 Å². The summed E-state index contributed by atoms with van der Waals surface area (Å²) in [5.74, 6) is -2.01. The Hall–Kier alpha value is -2.48. The molecule has 8 heteroatoms. The lowest BCUT2D eigenvalue weighted by atomic mass is 9.88. The number of ether oxygens (including phenoxy) is 2. The van der Waals surface area contributed by atoms with E-state index < -0.39 is 35.5 Å². The predicted octanol–water partition coefficient (Wildman–Crippen LogP) is 1.10. The Bertz CT molecular complexity index is 686. The third-order valence-corrected chi connectivity index (χ3v) is 4.66. The van der Waals surface area contributed by atoms with Crippen molar-refractivity contribution < 1.29 is 28.2 Å². The first-order chi connectivity index (χ1) is 12.8. The molecule has 7 nitrogen and oxygen atoms in total. The number of carbonyl (C=O) groups excluding carboxylic acids is 3. The molecule has 1 aromatic rings. The number of benzene rings is 1. The molecule has 1 heterocycles. The average molecular weight is 380 g/mol. The van der Waals surface area contributed by atoms with Crippen LogP contribution in [0.25, 0.3) is 0 Å². The van der Waals surface area contributed by atoms with E-state index in [4.69, 9.17) is 9.47 Å². The van der Waals surface area contributed by atoms with Crippen LogP contribution < -0.4 is 10.6 Å². The fraction of sp³-hybridized carbons (Fsp3) is 0.526. The second-order valence-corrected chi connectivity index (χ2v) is 6.70. The maximum atomic E-state index is 13.2. The summed E-state index contributed by atoms with van der Waals surface area (Å²) in [5.41, 5.74) is -0.136. The van der Waals surface area contributed by atoms with Gasteiger partial charge >= 0.3 is 11.9 Å². The van der Waals surface area contributed by atoms with Gasteiger partial charge in [-0.3, -0.25) is 9.59 Å².